The Balaban J connectivity index is 2.05. The van der Waals surface area contributed by atoms with Gasteiger partial charge in [0.05, 0.1) is 5.02 Å². The fourth-order valence-corrected chi connectivity index (χ4v) is 2.55. The number of nitrogens with one attached hydrogen (secondary N) is 1. The highest BCUT2D eigenvalue weighted by atomic mass is 35.5. The maximum Gasteiger partial charge on any atom is 0.0634 e. The SMILES string of the molecule is CC(C)C1CN(Cc2ccncc2Cl)C(C)CN1. The van der Waals surface area contributed by atoms with Crippen LogP contribution < -0.4 is 5.32 Å². The lowest BCUT2D eigenvalue weighted by Crippen LogP contribution is -2.56. The monoisotopic (exact) mass is 267 g/mol. The molecule has 2 unspecified atom stereocenters. The second kappa shape index (κ2) is 6.00. The van der Waals surface area contributed by atoms with Crippen LogP contribution in [0.5, 0.6) is 0 Å². The number of halogens is 1. The third-order valence-corrected chi connectivity index (χ3v) is 4.10. The molecule has 1 aromatic heterocycles. The van der Waals surface area contributed by atoms with Crippen molar-refractivity contribution in [1.29, 1.82) is 0 Å². The highest BCUT2D eigenvalue weighted by Crippen LogP contribution is 2.20. The van der Waals surface area contributed by atoms with E-state index in [9.17, 15) is 0 Å². The van der Waals surface area contributed by atoms with Crippen molar-refractivity contribution in [2.75, 3.05) is 13.1 Å². The fraction of sp³-hybridized carbons (Fsp3) is 0.643. The van der Waals surface area contributed by atoms with Crippen molar-refractivity contribution < 1.29 is 0 Å². The molecule has 18 heavy (non-hydrogen) atoms. The smallest absolute Gasteiger partial charge is 0.0634 e. The molecule has 3 nitrogen and oxygen atoms in total. The van der Waals surface area contributed by atoms with Gasteiger partial charge in [-0.2, -0.15) is 0 Å². The molecule has 1 aliphatic rings. The van der Waals surface area contributed by atoms with Crippen LogP contribution in [0.25, 0.3) is 0 Å². The molecule has 2 atom stereocenters. The normalized spacial score (nSPS) is 25.6. The van der Waals surface area contributed by atoms with Gasteiger partial charge in [-0.3, -0.25) is 9.88 Å². The van der Waals surface area contributed by atoms with Crippen LogP contribution in [0.1, 0.15) is 26.3 Å². The van der Waals surface area contributed by atoms with Crippen LogP contribution in [0, 0.1) is 5.92 Å². The van der Waals surface area contributed by atoms with E-state index in [4.69, 9.17) is 11.6 Å². The molecule has 1 aliphatic heterocycles. The summed E-state index contributed by atoms with van der Waals surface area (Å²) in [7, 11) is 0. The number of pyridine rings is 1. The Bertz CT molecular complexity index is 394. The largest absolute Gasteiger partial charge is 0.311 e. The Morgan fingerprint density at radius 3 is 3.00 bits per heavy atom. The molecular weight excluding hydrogens is 246 g/mol. The maximum absolute atomic E-state index is 6.19. The van der Waals surface area contributed by atoms with Crippen LogP contribution in [-0.4, -0.2) is 35.1 Å². The average molecular weight is 268 g/mol. The summed E-state index contributed by atoms with van der Waals surface area (Å²) in [5.41, 5.74) is 1.17. The first-order valence-electron chi connectivity index (χ1n) is 6.63. The summed E-state index contributed by atoms with van der Waals surface area (Å²) >= 11 is 6.19. The molecule has 4 heteroatoms. The molecular formula is C14H22ClN3. The minimum absolute atomic E-state index is 0.546. The molecule has 0 amide bonds. The molecule has 0 bridgehead atoms. The average Bonchev–Trinajstić information content (AvgIpc) is 2.34. The number of aromatic nitrogens is 1. The Labute approximate surface area is 115 Å². The molecule has 0 spiro atoms. The van der Waals surface area contributed by atoms with Crippen LogP contribution in [0.15, 0.2) is 18.5 Å². The Kier molecular flexibility index (Phi) is 4.60. The predicted molar refractivity (Wildman–Crippen MR) is 75.7 cm³/mol. The Morgan fingerprint density at radius 2 is 2.33 bits per heavy atom. The van der Waals surface area contributed by atoms with Crippen LogP contribution in [0.3, 0.4) is 0 Å². The van der Waals surface area contributed by atoms with Crippen LogP contribution in [0.4, 0.5) is 0 Å². The van der Waals surface area contributed by atoms with Crippen molar-refractivity contribution in [3.63, 3.8) is 0 Å². The van der Waals surface area contributed by atoms with Gasteiger partial charge in [0.2, 0.25) is 0 Å². The number of nitrogens with zero attached hydrogens (tertiary/aromatic N) is 2. The van der Waals surface area contributed by atoms with Crippen molar-refractivity contribution in [3.8, 4) is 0 Å². The molecule has 2 rings (SSSR count). The highest BCUT2D eigenvalue weighted by molar-refractivity contribution is 6.31. The molecule has 0 radical (unpaired) electrons. The first kappa shape index (κ1) is 13.8. The zero-order valence-corrected chi connectivity index (χ0v) is 12.1. The van der Waals surface area contributed by atoms with E-state index in [-0.39, 0.29) is 0 Å². The van der Waals surface area contributed by atoms with Crippen LogP contribution in [-0.2, 0) is 6.54 Å². The van der Waals surface area contributed by atoms with Gasteiger partial charge in [0.15, 0.2) is 0 Å². The number of hydrogen-bond donors (Lipinski definition) is 1. The standard InChI is InChI=1S/C14H22ClN3/c1-10(2)14-9-18(11(3)6-17-14)8-12-4-5-16-7-13(12)15/h4-5,7,10-11,14,17H,6,8-9H2,1-3H3. The summed E-state index contributed by atoms with van der Waals surface area (Å²) in [5.74, 6) is 0.660. The van der Waals surface area contributed by atoms with Crippen molar-refractivity contribution in [1.82, 2.24) is 15.2 Å². The minimum atomic E-state index is 0.546. The molecule has 1 aromatic rings. The molecule has 0 aromatic carbocycles. The van der Waals surface area contributed by atoms with Crippen molar-refractivity contribution in [2.45, 2.75) is 39.4 Å². The van der Waals surface area contributed by atoms with E-state index in [1.807, 2.05) is 12.3 Å². The van der Waals surface area contributed by atoms with Gasteiger partial charge in [0.1, 0.15) is 0 Å². The van der Waals surface area contributed by atoms with Gasteiger partial charge in [-0.25, -0.2) is 0 Å². The number of piperazine rings is 1. The molecule has 100 valence electrons. The molecule has 0 saturated carbocycles. The van der Waals surface area contributed by atoms with Crippen LogP contribution in [0.2, 0.25) is 5.02 Å². The van der Waals surface area contributed by atoms with Crippen LogP contribution >= 0.6 is 11.6 Å². The van der Waals surface area contributed by atoms with E-state index in [1.54, 1.807) is 6.20 Å². The summed E-state index contributed by atoms with van der Waals surface area (Å²) in [6.07, 6.45) is 3.54. The lowest BCUT2D eigenvalue weighted by atomic mass is 9.99. The minimum Gasteiger partial charge on any atom is -0.311 e. The van der Waals surface area contributed by atoms with E-state index in [0.717, 1.165) is 24.7 Å². The summed E-state index contributed by atoms with van der Waals surface area (Å²) in [6, 6.07) is 3.13. The third-order valence-electron chi connectivity index (χ3n) is 3.76. The molecule has 1 N–H and O–H groups in total. The predicted octanol–water partition coefficient (Wildman–Crippen LogP) is 2.55. The van der Waals surface area contributed by atoms with Crippen molar-refractivity contribution in [3.05, 3.63) is 29.0 Å². The topological polar surface area (TPSA) is 28.2 Å². The molecule has 0 aliphatic carbocycles. The fourth-order valence-electron chi connectivity index (χ4n) is 2.37. The van der Waals surface area contributed by atoms with E-state index >= 15 is 0 Å². The van der Waals surface area contributed by atoms with E-state index < -0.39 is 0 Å². The van der Waals surface area contributed by atoms with Crippen molar-refractivity contribution in [2.24, 2.45) is 5.92 Å². The van der Waals surface area contributed by atoms with Gasteiger partial charge in [0, 0.05) is 44.1 Å². The summed E-state index contributed by atoms with van der Waals surface area (Å²) in [6.45, 7) is 9.84. The van der Waals surface area contributed by atoms with E-state index in [0.29, 0.717) is 18.0 Å². The van der Waals surface area contributed by atoms with Crippen molar-refractivity contribution >= 4 is 11.6 Å². The number of rotatable bonds is 3. The summed E-state index contributed by atoms with van der Waals surface area (Å²) in [4.78, 5) is 6.54. The summed E-state index contributed by atoms with van der Waals surface area (Å²) in [5, 5.41) is 4.38. The zero-order valence-electron chi connectivity index (χ0n) is 11.4. The van der Waals surface area contributed by atoms with E-state index in [2.05, 4.69) is 36.0 Å². The first-order chi connectivity index (χ1) is 8.58. The summed E-state index contributed by atoms with van der Waals surface area (Å²) < 4.78 is 0. The van der Waals surface area contributed by atoms with Gasteiger partial charge in [0.25, 0.3) is 0 Å². The third kappa shape index (κ3) is 3.22. The Morgan fingerprint density at radius 1 is 1.56 bits per heavy atom. The lowest BCUT2D eigenvalue weighted by molar-refractivity contribution is 0.116. The number of hydrogen-bond acceptors (Lipinski definition) is 3. The zero-order chi connectivity index (χ0) is 13.1. The second-order valence-corrected chi connectivity index (χ2v) is 5.91. The van der Waals surface area contributed by atoms with Gasteiger partial charge in [-0.05, 0) is 24.5 Å². The highest BCUT2D eigenvalue weighted by Gasteiger charge is 2.26. The molecule has 2 heterocycles. The van der Waals surface area contributed by atoms with E-state index in [1.165, 1.54) is 5.56 Å². The Hall–Kier alpha value is -0.640. The van der Waals surface area contributed by atoms with Gasteiger partial charge in [-0.1, -0.05) is 25.4 Å². The molecule has 1 fully saturated rings. The lowest BCUT2D eigenvalue weighted by Gasteiger charge is -2.40. The maximum atomic E-state index is 6.19. The first-order valence-corrected chi connectivity index (χ1v) is 7.01. The second-order valence-electron chi connectivity index (χ2n) is 5.50. The molecule has 1 saturated heterocycles. The van der Waals surface area contributed by atoms with Gasteiger partial charge >= 0.3 is 0 Å². The van der Waals surface area contributed by atoms with Gasteiger partial charge in [-0.15, -0.1) is 0 Å². The quantitative estimate of drug-likeness (QED) is 0.912. The van der Waals surface area contributed by atoms with Gasteiger partial charge < -0.3 is 5.32 Å².